The van der Waals surface area contributed by atoms with Crippen LogP contribution >= 0.6 is 0 Å². The van der Waals surface area contributed by atoms with Gasteiger partial charge in [-0.05, 0) is 33.9 Å². The molecule has 0 spiro atoms. The molecule has 0 saturated carbocycles. The maximum Gasteiger partial charge on any atom is 0.224 e. The molecule has 1 heterocycles. The number of hydrogen-bond donors (Lipinski definition) is 1. The molecule has 5 heteroatoms. The molecule has 1 aromatic heterocycles. The number of likely N-dealkylation sites (N-methyl/N-ethyl adjacent to an activating group) is 1. The van der Waals surface area contributed by atoms with E-state index in [-0.39, 0.29) is 0 Å². The van der Waals surface area contributed by atoms with E-state index in [4.69, 9.17) is 0 Å². The molecule has 1 N–H and O–H groups in total. The van der Waals surface area contributed by atoms with Crippen molar-refractivity contribution in [3.63, 3.8) is 0 Å². The highest BCUT2D eigenvalue weighted by atomic mass is 15.2. The largest absolute Gasteiger partial charge is 0.355 e. The first kappa shape index (κ1) is 16.7. The normalized spacial score (nSPS) is 10.9. The zero-order valence-corrected chi connectivity index (χ0v) is 13.6. The smallest absolute Gasteiger partial charge is 0.224 e. The predicted molar refractivity (Wildman–Crippen MR) is 86.6 cm³/mol. The third-order valence-electron chi connectivity index (χ3n) is 3.01. The highest BCUT2D eigenvalue weighted by molar-refractivity contribution is 5.44. The minimum atomic E-state index is 0.743. The van der Waals surface area contributed by atoms with Crippen LogP contribution in [0, 0.1) is 6.92 Å². The minimum Gasteiger partial charge on any atom is -0.355 e. The summed E-state index contributed by atoms with van der Waals surface area (Å²) >= 11 is 0. The number of aromatic nitrogens is 2. The Morgan fingerprint density at radius 3 is 2.40 bits per heavy atom. The van der Waals surface area contributed by atoms with Crippen LogP contribution in [0.15, 0.2) is 6.07 Å². The van der Waals surface area contributed by atoms with Crippen molar-refractivity contribution < 1.29 is 0 Å². The average Bonchev–Trinajstić information content (AvgIpc) is 2.40. The van der Waals surface area contributed by atoms with E-state index in [1.54, 1.807) is 0 Å². The first-order valence-corrected chi connectivity index (χ1v) is 7.56. The second-order valence-electron chi connectivity index (χ2n) is 5.41. The van der Waals surface area contributed by atoms with E-state index in [9.17, 15) is 0 Å². The SMILES string of the molecule is CCCNc1nc(C)cc(N(CCC)CCN(C)C)n1. The first-order valence-electron chi connectivity index (χ1n) is 7.56. The maximum absolute atomic E-state index is 4.65. The van der Waals surface area contributed by atoms with Gasteiger partial charge in [-0.15, -0.1) is 0 Å². The summed E-state index contributed by atoms with van der Waals surface area (Å²) in [6.07, 6.45) is 2.19. The Balaban J connectivity index is 2.84. The predicted octanol–water partition coefficient (Wildman–Crippen LogP) is 2.38. The van der Waals surface area contributed by atoms with Gasteiger partial charge in [-0.2, -0.15) is 4.98 Å². The van der Waals surface area contributed by atoms with Crippen LogP contribution in [-0.2, 0) is 0 Å². The van der Waals surface area contributed by atoms with Crippen molar-refractivity contribution in [1.29, 1.82) is 0 Å². The zero-order chi connectivity index (χ0) is 15.0. The van der Waals surface area contributed by atoms with E-state index in [2.05, 4.69) is 59.1 Å². The van der Waals surface area contributed by atoms with Crippen molar-refractivity contribution >= 4 is 11.8 Å². The standard InChI is InChI=1S/C15H29N5/c1-6-8-16-15-17-13(3)12-14(18-15)20(9-7-2)11-10-19(4)5/h12H,6-11H2,1-5H3,(H,16,17,18). The molecule has 0 aliphatic rings. The maximum atomic E-state index is 4.65. The number of aryl methyl sites for hydroxylation is 1. The summed E-state index contributed by atoms with van der Waals surface area (Å²) in [5, 5.41) is 3.28. The van der Waals surface area contributed by atoms with E-state index in [0.717, 1.165) is 56.5 Å². The first-order chi connectivity index (χ1) is 9.56. The molecule has 0 saturated heterocycles. The Morgan fingerprint density at radius 2 is 1.80 bits per heavy atom. The highest BCUT2D eigenvalue weighted by Gasteiger charge is 2.10. The van der Waals surface area contributed by atoms with Crippen LogP contribution in [0.4, 0.5) is 11.8 Å². The third kappa shape index (κ3) is 5.74. The highest BCUT2D eigenvalue weighted by Crippen LogP contribution is 2.15. The topological polar surface area (TPSA) is 44.3 Å². The molecular formula is C15H29N5. The second kappa shape index (κ2) is 8.74. The Morgan fingerprint density at radius 1 is 1.05 bits per heavy atom. The van der Waals surface area contributed by atoms with Gasteiger partial charge < -0.3 is 15.1 Å². The Hall–Kier alpha value is -1.36. The van der Waals surface area contributed by atoms with Gasteiger partial charge in [0.15, 0.2) is 0 Å². The Kier molecular flexibility index (Phi) is 7.30. The van der Waals surface area contributed by atoms with E-state index in [1.807, 2.05) is 6.92 Å². The molecule has 0 unspecified atom stereocenters. The monoisotopic (exact) mass is 279 g/mol. The third-order valence-corrected chi connectivity index (χ3v) is 3.01. The molecule has 1 rings (SSSR count). The summed E-state index contributed by atoms with van der Waals surface area (Å²) in [5.41, 5.74) is 1.01. The molecule has 0 aromatic carbocycles. The lowest BCUT2D eigenvalue weighted by molar-refractivity contribution is 0.412. The molecule has 0 aliphatic heterocycles. The molecule has 20 heavy (non-hydrogen) atoms. The molecule has 0 amide bonds. The van der Waals surface area contributed by atoms with Crippen molar-refractivity contribution in [3.05, 3.63) is 11.8 Å². The van der Waals surface area contributed by atoms with Gasteiger partial charge in [0.05, 0.1) is 0 Å². The number of nitrogens with zero attached hydrogens (tertiary/aromatic N) is 4. The fourth-order valence-corrected chi connectivity index (χ4v) is 1.96. The van der Waals surface area contributed by atoms with Crippen LogP contribution in [-0.4, -0.2) is 55.1 Å². The van der Waals surface area contributed by atoms with Gasteiger partial charge in [-0.25, -0.2) is 4.98 Å². The zero-order valence-electron chi connectivity index (χ0n) is 13.6. The molecular weight excluding hydrogens is 250 g/mol. The summed E-state index contributed by atoms with van der Waals surface area (Å²) in [5.74, 6) is 1.77. The van der Waals surface area contributed by atoms with E-state index in [1.165, 1.54) is 0 Å². The fourth-order valence-electron chi connectivity index (χ4n) is 1.96. The van der Waals surface area contributed by atoms with Crippen LogP contribution < -0.4 is 10.2 Å². The summed E-state index contributed by atoms with van der Waals surface area (Å²) < 4.78 is 0. The van der Waals surface area contributed by atoms with E-state index >= 15 is 0 Å². The van der Waals surface area contributed by atoms with Gasteiger partial charge in [0.2, 0.25) is 5.95 Å². The molecule has 0 atom stereocenters. The molecule has 0 aliphatic carbocycles. The Labute approximate surface area is 123 Å². The molecule has 0 bridgehead atoms. The quantitative estimate of drug-likeness (QED) is 0.752. The summed E-state index contributed by atoms with van der Waals surface area (Å²) in [6, 6.07) is 2.07. The van der Waals surface area contributed by atoms with E-state index in [0.29, 0.717) is 0 Å². The van der Waals surface area contributed by atoms with Crippen LogP contribution in [0.25, 0.3) is 0 Å². The van der Waals surface area contributed by atoms with Crippen molar-refractivity contribution in [2.75, 3.05) is 50.5 Å². The Bertz CT molecular complexity index is 392. The van der Waals surface area contributed by atoms with Gasteiger partial charge in [0.1, 0.15) is 5.82 Å². The van der Waals surface area contributed by atoms with E-state index < -0.39 is 0 Å². The van der Waals surface area contributed by atoms with Gasteiger partial charge in [-0.1, -0.05) is 13.8 Å². The second-order valence-corrected chi connectivity index (χ2v) is 5.41. The number of rotatable bonds is 9. The lowest BCUT2D eigenvalue weighted by Crippen LogP contribution is -2.33. The van der Waals surface area contributed by atoms with Crippen LogP contribution in [0.2, 0.25) is 0 Å². The minimum absolute atomic E-state index is 0.743. The van der Waals surface area contributed by atoms with Crippen molar-refractivity contribution in [1.82, 2.24) is 14.9 Å². The number of hydrogen-bond acceptors (Lipinski definition) is 5. The average molecular weight is 279 g/mol. The van der Waals surface area contributed by atoms with Gasteiger partial charge in [0, 0.05) is 37.9 Å². The van der Waals surface area contributed by atoms with Gasteiger partial charge in [-0.3, -0.25) is 0 Å². The van der Waals surface area contributed by atoms with Crippen LogP contribution in [0.1, 0.15) is 32.4 Å². The van der Waals surface area contributed by atoms with Crippen LogP contribution in [0.5, 0.6) is 0 Å². The number of nitrogens with one attached hydrogen (secondary N) is 1. The van der Waals surface area contributed by atoms with Crippen molar-refractivity contribution in [2.45, 2.75) is 33.6 Å². The van der Waals surface area contributed by atoms with Gasteiger partial charge in [0.25, 0.3) is 0 Å². The lowest BCUT2D eigenvalue weighted by atomic mass is 10.3. The summed E-state index contributed by atoms with van der Waals surface area (Å²) in [6.45, 7) is 10.3. The molecule has 1 aromatic rings. The summed E-state index contributed by atoms with van der Waals surface area (Å²) in [4.78, 5) is 13.6. The molecule has 0 radical (unpaired) electrons. The molecule has 5 nitrogen and oxygen atoms in total. The van der Waals surface area contributed by atoms with Crippen molar-refractivity contribution in [3.8, 4) is 0 Å². The fraction of sp³-hybridized carbons (Fsp3) is 0.733. The summed E-state index contributed by atoms with van der Waals surface area (Å²) in [7, 11) is 4.20. The van der Waals surface area contributed by atoms with Gasteiger partial charge >= 0.3 is 0 Å². The molecule has 114 valence electrons. The number of anilines is 2. The van der Waals surface area contributed by atoms with Crippen LogP contribution in [0.3, 0.4) is 0 Å². The lowest BCUT2D eigenvalue weighted by Gasteiger charge is -2.25. The van der Waals surface area contributed by atoms with Crippen molar-refractivity contribution in [2.24, 2.45) is 0 Å². The molecule has 0 fully saturated rings.